The highest BCUT2D eigenvalue weighted by molar-refractivity contribution is 5.83. The van der Waals surface area contributed by atoms with E-state index in [4.69, 9.17) is 0 Å². The zero-order chi connectivity index (χ0) is 10.6. The maximum atomic E-state index is 11.2. The molecule has 3 N–H and O–H groups in total. The number of imidazole rings is 1. The van der Waals surface area contributed by atoms with Crippen molar-refractivity contribution in [3.63, 3.8) is 0 Å². The van der Waals surface area contributed by atoms with Crippen LogP contribution in [0.25, 0.3) is 0 Å². The molecule has 0 spiro atoms. The van der Waals surface area contributed by atoms with Crippen LogP contribution in [-0.2, 0) is 11.2 Å². The lowest BCUT2D eigenvalue weighted by atomic mass is 10.1. The predicted octanol–water partition coefficient (Wildman–Crippen LogP) is -0.161. The van der Waals surface area contributed by atoms with E-state index in [9.17, 15) is 9.90 Å². The largest absolute Gasteiger partial charge is 0.381 e. The standard InChI is InChI=1S/C9H15N3O2/c1-9(2,14)8(13)12-4-3-7-10-5-6-11-7/h5-6,14H,3-4H2,1-2H3,(H,10,11)(H,12,13). The van der Waals surface area contributed by atoms with Crippen LogP contribution >= 0.6 is 0 Å². The van der Waals surface area contributed by atoms with Crippen LogP contribution in [-0.4, -0.2) is 33.1 Å². The molecule has 0 aliphatic heterocycles. The van der Waals surface area contributed by atoms with E-state index >= 15 is 0 Å². The molecule has 5 nitrogen and oxygen atoms in total. The highest BCUT2D eigenvalue weighted by atomic mass is 16.3. The van der Waals surface area contributed by atoms with Crippen molar-refractivity contribution in [2.75, 3.05) is 6.54 Å². The fourth-order valence-corrected chi connectivity index (χ4v) is 0.945. The van der Waals surface area contributed by atoms with Crippen molar-refractivity contribution in [2.24, 2.45) is 0 Å². The quantitative estimate of drug-likeness (QED) is 0.627. The average molecular weight is 197 g/mol. The Kier molecular flexibility index (Phi) is 3.24. The summed E-state index contributed by atoms with van der Waals surface area (Å²) in [7, 11) is 0. The van der Waals surface area contributed by atoms with E-state index in [0.29, 0.717) is 13.0 Å². The van der Waals surface area contributed by atoms with Crippen LogP contribution in [0.2, 0.25) is 0 Å². The van der Waals surface area contributed by atoms with Gasteiger partial charge in [0.05, 0.1) is 0 Å². The van der Waals surface area contributed by atoms with Gasteiger partial charge in [0.2, 0.25) is 0 Å². The fraction of sp³-hybridized carbons (Fsp3) is 0.556. The first-order chi connectivity index (χ1) is 6.50. The average Bonchev–Trinajstić information content (AvgIpc) is 2.55. The number of aromatic nitrogens is 2. The first-order valence-corrected chi connectivity index (χ1v) is 4.49. The molecule has 5 heteroatoms. The summed E-state index contributed by atoms with van der Waals surface area (Å²) in [6.45, 7) is 3.38. The molecule has 0 saturated heterocycles. The van der Waals surface area contributed by atoms with Crippen LogP contribution in [0.3, 0.4) is 0 Å². The normalized spacial score (nSPS) is 11.4. The lowest BCUT2D eigenvalue weighted by Crippen LogP contribution is -2.42. The van der Waals surface area contributed by atoms with Gasteiger partial charge in [-0.15, -0.1) is 0 Å². The Bertz CT molecular complexity index is 288. The summed E-state index contributed by atoms with van der Waals surface area (Å²) in [4.78, 5) is 18.1. The zero-order valence-corrected chi connectivity index (χ0v) is 8.37. The van der Waals surface area contributed by atoms with E-state index in [2.05, 4.69) is 15.3 Å². The number of aliphatic hydroxyl groups is 1. The molecule has 0 radical (unpaired) electrons. The number of aromatic amines is 1. The van der Waals surface area contributed by atoms with Gasteiger partial charge >= 0.3 is 0 Å². The Labute approximate surface area is 82.6 Å². The zero-order valence-electron chi connectivity index (χ0n) is 8.37. The summed E-state index contributed by atoms with van der Waals surface area (Å²) in [5.74, 6) is 0.449. The number of H-pyrrole nitrogens is 1. The van der Waals surface area contributed by atoms with Gasteiger partial charge < -0.3 is 15.4 Å². The van der Waals surface area contributed by atoms with E-state index in [0.717, 1.165) is 5.82 Å². The fourth-order valence-electron chi connectivity index (χ4n) is 0.945. The number of hydrogen-bond acceptors (Lipinski definition) is 3. The van der Waals surface area contributed by atoms with E-state index in [1.807, 2.05) is 0 Å². The van der Waals surface area contributed by atoms with E-state index in [1.54, 1.807) is 12.4 Å². The number of carbonyl (C=O) groups is 1. The van der Waals surface area contributed by atoms with Crippen molar-refractivity contribution in [2.45, 2.75) is 25.9 Å². The van der Waals surface area contributed by atoms with Crippen molar-refractivity contribution in [1.29, 1.82) is 0 Å². The molecule has 0 bridgehead atoms. The molecule has 1 amide bonds. The molecule has 0 fully saturated rings. The second kappa shape index (κ2) is 4.23. The van der Waals surface area contributed by atoms with Gasteiger partial charge in [0.25, 0.3) is 5.91 Å². The topological polar surface area (TPSA) is 78.0 Å². The van der Waals surface area contributed by atoms with Crippen LogP contribution in [0.5, 0.6) is 0 Å². The molecule has 1 heterocycles. The number of rotatable bonds is 4. The molecule has 0 aromatic carbocycles. The van der Waals surface area contributed by atoms with Crippen LogP contribution in [0.15, 0.2) is 12.4 Å². The molecule has 0 unspecified atom stereocenters. The third kappa shape index (κ3) is 3.18. The van der Waals surface area contributed by atoms with Crippen molar-refractivity contribution < 1.29 is 9.90 Å². The third-order valence-corrected chi connectivity index (χ3v) is 1.76. The van der Waals surface area contributed by atoms with Crippen molar-refractivity contribution >= 4 is 5.91 Å². The summed E-state index contributed by atoms with van der Waals surface area (Å²) in [6.07, 6.45) is 4.02. The van der Waals surface area contributed by atoms with Gasteiger partial charge in [0.1, 0.15) is 11.4 Å². The second-order valence-electron chi connectivity index (χ2n) is 3.60. The molecule has 0 saturated carbocycles. The molecule has 0 aliphatic carbocycles. The Morgan fingerprint density at radius 2 is 2.43 bits per heavy atom. The summed E-state index contributed by atoms with van der Waals surface area (Å²) < 4.78 is 0. The first kappa shape index (κ1) is 10.7. The lowest BCUT2D eigenvalue weighted by molar-refractivity contribution is -0.136. The summed E-state index contributed by atoms with van der Waals surface area (Å²) >= 11 is 0. The molecular weight excluding hydrogens is 182 g/mol. The summed E-state index contributed by atoms with van der Waals surface area (Å²) in [5, 5.41) is 11.9. The highest BCUT2D eigenvalue weighted by Crippen LogP contribution is 1.99. The minimum absolute atomic E-state index is 0.371. The van der Waals surface area contributed by atoms with Gasteiger partial charge in [-0.05, 0) is 13.8 Å². The Hall–Kier alpha value is -1.36. The SMILES string of the molecule is CC(C)(O)C(=O)NCCc1ncc[nH]1. The molecule has 1 rings (SSSR count). The van der Waals surface area contributed by atoms with Crippen LogP contribution in [0.1, 0.15) is 19.7 Å². The Morgan fingerprint density at radius 1 is 1.71 bits per heavy atom. The number of nitrogens with one attached hydrogen (secondary N) is 2. The molecule has 0 atom stereocenters. The minimum atomic E-state index is -1.32. The van der Waals surface area contributed by atoms with Gasteiger partial charge in [0.15, 0.2) is 0 Å². The van der Waals surface area contributed by atoms with E-state index < -0.39 is 5.60 Å². The lowest BCUT2D eigenvalue weighted by Gasteiger charge is -2.15. The number of amides is 1. The Morgan fingerprint density at radius 3 is 2.93 bits per heavy atom. The maximum Gasteiger partial charge on any atom is 0.251 e. The second-order valence-corrected chi connectivity index (χ2v) is 3.60. The number of nitrogens with zero attached hydrogens (tertiary/aromatic N) is 1. The summed E-state index contributed by atoms with van der Waals surface area (Å²) in [5.41, 5.74) is -1.32. The Balaban J connectivity index is 2.26. The van der Waals surface area contributed by atoms with Crippen molar-refractivity contribution in [3.8, 4) is 0 Å². The monoisotopic (exact) mass is 197 g/mol. The first-order valence-electron chi connectivity index (χ1n) is 4.49. The molecule has 1 aromatic rings. The van der Waals surface area contributed by atoms with Gasteiger partial charge in [-0.1, -0.05) is 0 Å². The third-order valence-electron chi connectivity index (χ3n) is 1.76. The van der Waals surface area contributed by atoms with Gasteiger partial charge in [-0.2, -0.15) is 0 Å². The smallest absolute Gasteiger partial charge is 0.251 e. The highest BCUT2D eigenvalue weighted by Gasteiger charge is 2.22. The molecule has 1 aromatic heterocycles. The van der Waals surface area contributed by atoms with E-state index in [1.165, 1.54) is 13.8 Å². The van der Waals surface area contributed by atoms with E-state index in [-0.39, 0.29) is 5.91 Å². The molecule has 14 heavy (non-hydrogen) atoms. The summed E-state index contributed by atoms with van der Waals surface area (Å²) in [6, 6.07) is 0. The predicted molar refractivity (Wildman–Crippen MR) is 51.6 cm³/mol. The van der Waals surface area contributed by atoms with Crippen LogP contribution in [0.4, 0.5) is 0 Å². The number of carbonyl (C=O) groups excluding carboxylic acids is 1. The van der Waals surface area contributed by atoms with Gasteiger partial charge in [-0.25, -0.2) is 4.98 Å². The maximum absolute atomic E-state index is 11.2. The van der Waals surface area contributed by atoms with Crippen molar-refractivity contribution in [3.05, 3.63) is 18.2 Å². The van der Waals surface area contributed by atoms with Gasteiger partial charge in [0, 0.05) is 25.4 Å². The van der Waals surface area contributed by atoms with Crippen LogP contribution in [0, 0.1) is 0 Å². The molecule has 78 valence electrons. The number of hydrogen-bond donors (Lipinski definition) is 3. The van der Waals surface area contributed by atoms with Gasteiger partial charge in [-0.3, -0.25) is 4.79 Å². The minimum Gasteiger partial charge on any atom is -0.381 e. The van der Waals surface area contributed by atoms with Crippen LogP contribution < -0.4 is 5.32 Å². The molecule has 0 aliphatic rings. The van der Waals surface area contributed by atoms with Crippen molar-refractivity contribution in [1.82, 2.24) is 15.3 Å². The molecular formula is C9H15N3O2.